The van der Waals surface area contributed by atoms with E-state index >= 15 is 0 Å². The lowest BCUT2D eigenvalue weighted by atomic mass is 9.89. The minimum Gasteiger partial charge on any atom is -0.339 e. The first-order valence-electron chi connectivity index (χ1n) is 10.3. The van der Waals surface area contributed by atoms with Crippen molar-refractivity contribution >= 4 is 12.0 Å². The van der Waals surface area contributed by atoms with E-state index in [9.17, 15) is 4.79 Å². The van der Waals surface area contributed by atoms with Crippen molar-refractivity contribution in [1.82, 2.24) is 14.7 Å². The van der Waals surface area contributed by atoms with Gasteiger partial charge in [0, 0.05) is 30.4 Å². The largest absolute Gasteiger partial charge is 0.339 e. The average molecular weight is 386 g/mol. The highest BCUT2D eigenvalue weighted by Gasteiger charge is 2.22. The van der Waals surface area contributed by atoms with Crippen LogP contribution in [0.2, 0.25) is 0 Å². The van der Waals surface area contributed by atoms with E-state index in [1.165, 1.54) is 5.56 Å². The highest BCUT2D eigenvalue weighted by atomic mass is 16.2. The third-order valence-corrected chi connectivity index (χ3v) is 5.82. The fourth-order valence-corrected chi connectivity index (χ4v) is 4.13. The molecule has 3 aromatic rings. The number of aromatic nitrogens is 2. The summed E-state index contributed by atoms with van der Waals surface area (Å²) < 4.78 is 1.94. The molecule has 0 bridgehead atoms. The van der Waals surface area contributed by atoms with Gasteiger partial charge in [-0.3, -0.25) is 4.79 Å². The Bertz CT molecular complexity index is 997. The van der Waals surface area contributed by atoms with Gasteiger partial charge in [-0.05, 0) is 56.4 Å². The number of hydrogen-bond acceptors (Lipinski definition) is 2. The van der Waals surface area contributed by atoms with Gasteiger partial charge in [-0.2, -0.15) is 5.10 Å². The Hall–Kier alpha value is -3.14. The number of carbonyl (C=O) groups excluding carboxylic acids is 1. The van der Waals surface area contributed by atoms with Crippen LogP contribution in [0.15, 0.2) is 66.7 Å². The summed E-state index contributed by atoms with van der Waals surface area (Å²) in [6.45, 7) is 5.65. The van der Waals surface area contributed by atoms with E-state index in [-0.39, 0.29) is 5.91 Å². The van der Waals surface area contributed by atoms with Gasteiger partial charge in [0.25, 0.3) is 0 Å². The molecule has 0 aliphatic carbocycles. The summed E-state index contributed by atoms with van der Waals surface area (Å²) in [7, 11) is 0. The van der Waals surface area contributed by atoms with E-state index in [0.717, 1.165) is 48.6 Å². The Morgan fingerprint density at radius 2 is 1.59 bits per heavy atom. The Morgan fingerprint density at radius 1 is 0.966 bits per heavy atom. The number of amides is 1. The Kier molecular flexibility index (Phi) is 5.61. The van der Waals surface area contributed by atoms with Crippen molar-refractivity contribution in [3.8, 4) is 5.69 Å². The van der Waals surface area contributed by atoms with E-state index in [1.807, 2.05) is 59.8 Å². The number of benzene rings is 2. The lowest BCUT2D eigenvalue weighted by Crippen LogP contribution is -2.36. The molecule has 2 heterocycles. The third-order valence-electron chi connectivity index (χ3n) is 5.82. The van der Waals surface area contributed by atoms with Crippen molar-refractivity contribution in [2.45, 2.75) is 32.6 Å². The highest BCUT2D eigenvalue weighted by Crippen LogP contribution is 2.28. The number of para-hydroxylation sites is 1. The molecule has 0 radical (unpaired) electrons. The molecule has 0 unspecified atom stereocenters. The average Bonchev–Trinajstić information content (AvgIpc) is 3.07. The molecule has 1 aromatic heterocycles. The number of aryl methyl sites for hydroxylation is 1. The number of piperidine rings is 1. The van der Waals surface area contributed by atoms with Crippen molar-refractivity contribution < 1.29 is 4.79 Å². The second-order valence-electron chi connectivity index (χ2n) is 7.68. The van der Waals surface area contributed by atoms with E-state index in [1.54, 1.807) is 6.08 Å². The van der Waals surface area contributed by atoms with Crippen LogP contribution in [0.5, 0.6) is 0 Å². The summed E-state index contributed by atoms with van der Waals surface area (Å²) in [6.07, 6.45) is 5.67. The number of likely N-dealkylation sites (tertiary alicyclic amines) is 1. The van der Waals surface area contributed by atoms with Gasteiger partial charge >= 0.3 is 0 Å². The SMILES string of the molecule is Cc1nn(-c2ccccc2)c(C)c1/C=C/C(=O)N1CCC(c2ccccc2)CC1. The summed E-state index contributed by atoms with van der Waals surface area (Å²) in [5.74, 6) is 0.639. The molecule has 1 amide bonds. The molecular formula is C25H27N3O. The van der Waals surface area contributed by atoms with Gasteiger partial charge < -0.3 is 4.90 Å². The van der Waals surface area contributed by atoms with Crippen LogP contribution < -0.4 is 0 Å². The first kappa shape index (κ1) is 19.2. The first-order chi connectivity index (χ1) is 14.1. The van der Waals surface area contributed by atoms with Crippen LogP contribution in [0.25, 0.3) is 11.8 Å². The van der Waals surface area contributed by atoms with Crippen LogP contribution >= 0.6 is 0 Å². The van der Waals surface area contributed by atoms with Crippen LogP contribution in [-0.2, 0) is 4.79 Å². The Morgan fingerprint density at radius 3 is 2.24 bits per heavy atom. The summed E-state index contributed by atoms with van der Waals surface area (Å²) >= 11 is 0. The lowest BCUT2D eigenvalue weighted by molar-refractivity contribution is -0.126. The normalized spacial score (nSPS) is 15.2. The summed E-state index contributed by atoms with van der Waals surface area (Å²) in [5.41, 5.74) is 5.40. The summed E-state index contributed by atoms with van der Waals surface area (Å²) in [4.78, 5) is 14.7. The van der Waals surface area contributed by atoms with Crippen LogP contribution in [0.3, 0.4) is 0 Å². The highest BCUT2D eigenvalue weighted by molar-refractivity contribution is 5.92. The fraction of sp³-hybridized carbons (Fsp3) is 0.280. The lowest BCUT2D eigenvalue weighted by Gasteiger charge is -2.31. The van der Waals surface area contributed by atoms with Gasteiger partial charge in [0.2, 0.25) is 5.91 Å². The molecule has 0 atom stereocenters. The second kappa shape index (κ2) is 8.48. The Labute approximate surface area is 172 Å². The van der Waals surface area contributed by atoms with Crippen molar-refractivity contribution in [1.29, 1.82) is 0 Å². The number of hydrogen-bond donors (Lipinski definition) is 0. The number of rotatable bonds is 4. The second-order valence-corrected chi connectivity index (χ2v) is 7.68. The zero-order chi connectivity index (χ0) is 20.2. The molecule has 0 saturated carbocycles. The first-order valence-corrected chi connectivity index (χ1v) is 10.3. The molecular weight excluding hydrogens is 358 g/mol. The number of carbonyl (C=O) groups is 1. The molecule has 4 nitrogen and oxygen atoms in total. The molecule has 0 N–H and O–H groups in total. The van der Waals surface area contributed by atoms with E-state index < -0.39 is 0 Å². The molecule has 4 rings (SSSR count). The molecule has 148 valence electrons. The quantitative estimate of drug-likeness (QED) is 0.599. The minimum atomic E-state index is 0.0859. The molecule has 2 aromatic carbocycles. The van der Waals surface area contributed by atoms with Crippen molar-refractivity contribution in [3.05, 3.63) is 89.3 Å². The van der Waals surface area contributed by atoms with Gasteiger partial charge in [0.1, 0.15) is 0 Å². The topological polar surface area (TPSA) is 38.1 Å². The maximum absolute atomic E-state index is 12.7. The van der Waals surface area contributed by atoms with Crippen molar-refractivity contribution in [2.24, 2.45) is 0 Å². The standard InChI is InChI=1S/C25H27N3O/c1-19-24(20(2)28(26-19)23-11-7-4-8-12-23)13-14-25(29)27-17-15-22(16-18-27)21-9-5-3-6-10-21/h3-14,22H,15-18H2,1-2H3/b14-13+. The fourth-order valence-electron chi connectivity index (χ4n) is 4.13. The monoisotopic (exact) mass is 385 g/mol. The van der Waals surface area contributed by atoms with Crippen LogP contribution in [0, 0.1) is 13.8 Å². The van der Waals surface area contributed by atoms with E-state index in [0.29, 0.717) is 5.92 Å². The zero-order valence-electron chi connectivity index (χ0n) is 17.1. The molecule has 29 heavy (non-hydrogen) atoms. The summed E-state index contributed by atoms with van der Waals surface area (Å²) in [5, 5.41) is 4.65. The maximum atomic E-state index is 12.7. The molecule has 1 saturated heterocycles. The van der Waals surface area contributed by atoms with Gasteiger partial charge in [-0.1, -0.05) is 48.5 Å². The number of nitrogens with zero attached hydrogens (tertiary/aromatic N) is 3. The van der Waals surface area contributed by atoms with E-state index in [2.05, 4.69) is 35.4 Å². The molecule has 1 fully saturated rings. The molecule has 1 aliphatic rings. The van der Waals surface area contributed by atoms with Crippen LogP contribution in [0.4, 0.5) is 0 Å². The molecule has 1 aliphatic heterocycles. The van der Waals surface area contributed by atoms with Gasteiger partial charge in [0.05, 0.1) is 11.4 Å². The van der Waals surface area contributed by atoms with Crippen LogP contribution in [0.1, 0.15) is 41.3 Å². The van der Waals surface area contributed by atoms with E-state index in [4.69, 9.17) is 0 Å². The van der Waals surface area contributed by atoms with Gasteiger partial charge in [0.15, 0.2) is 0 Å². The van der Waals surface area contributed by atoms with Crippen molar-refractivity contribution in [3.63, 3.8) is 0 Å². The zero-order valence-corrected chi connectivity index (χ0v) is 17.1. The molecule has 4 heteroatoms. The van der Waals surface area contributed by atoms with Crippen molar-refractivity contribution in [2.75, 3.05) is 13.1 Å². The maximum Gasteiger partial charge on any atom is 0.246 e. The predicted molar refractivity (Wildman–Crippen MR) is 117 cm³/mol. The minimum absolute atomic E-state index is 0.0859. The smallest absolute Gasteiger partial charge is 0.246 e. The van der Waals surface area contributed by atoms with Crippen LogP contribution in [-0.4, -0.2) is 33.7 Å². The third kappa shape index (κ3) is 4.16. The van der Waals surface area contributed by atoms with Gasteiger partial charge in [-0.15, -0.1) is 0 Å². The Balaban J connectivity index is 1.42. The van der Waals surface area contributed by atoms with Gasteiger partial charge in [-0.25, -0.2) is 4.68 Å². The predicted octanol–water partition coefficient (Wildman–Crippen LogP) is 4.91. The molecule has 0 spiro atoms. The summed E-state index contributed by atoms with van der Waals surface area (Å²) in [6, 6.07) is 20.7.